The molecule has 0 aliphatic carbocycles. The Hall–Kier alpha value is -3.36. The Kier molecular flexibility index (Phi) is 7.96. The second-order valence-corrected chi connectivity index (χ2v) is 9.75. The molecule has 0 saturated carbocycles. The molecule has 1 aliphatic rings. The molecule has 0 spiro atoms. The zero-order valence-electron chi connectivity index (χ0n) is 22.1. The number of anilines is 1. The Bertz CT molecular complexity index is 1200. The molecule has 1 saturated heterocycles. The van der Waals surface area contributed by atoms with Gasteiger partial charge in [0.15, 0.2) is 0 Å². The van der Waals surface area contributed by atoms with Crippen LogP contribution in [0.25, 0.3) is 11.1 Å². The number of nitrogens with one attached hydrogen (secondary N) is 1. The van der Waals surface area contributed by atoms with Crippen molar-refractivity contribution in [2.75, 3.05) is 52.4 Å². The summed E-state index contributed by atoms with van der Waals surface area (Å²) in [6.45, 7) is 6.87. The third-order valence-electron chi connectivity index (χ3n) is 6.79. The molecule has 8 nitrogen and oxygen atoms in total. The fourth-order valence-corrected chi connectivity index (χ4v) is 4.34. The van der Waals surface area contributed by atoms with Crippen molar-refractivity contribution in [3.05, 3.63) is 65.5 Å². The lowest BCUT2D eigenvalue weighted by Crippen LogP contribution is -2.57. The second-order valence-electron chi connectivity index (χ2n) is 9.75. The smallest absolute Gasteiger partial charge is 0.252 e. The molecule has 1 aromatic heterocycles. The number of hydrogen-bond donors (Lipinski definition) is 1. The molecule has 36 heavy (non-hydrogen) atoms. The van der Waals surface area contributed by atoms with Crippen LogP contribution in [0.15, 0.2) is 48.8 Å². The molecular formula is C28H37N5O3. The van der Waals surface area contributed by atoms with Crippen molar-refractivity contribution < 1.29 is 14.3 Å². The monoisotopic (exact) mass is 491 g/mol. The molecule has 2 heterocycles. The summed E-state index contributed by atoms with van der Waals surface area (Å²) in [6.07, 6.45) is 3.79. The van der Waals surface area contributed by atoms with E-state index >= 15 is 0 Å². The summed E-state index contributed by atoms with van der Waals surface area (Å²) >= 11 is 0. The Morgan fingerprint density at radius 2 is 1.94 bits per heavy atom. The number of carbonyl (C=O) groups is 1. The predicted molar refractivity (Wildman–Crippen MR) is 143 cm³/mol. The van der Waals surface area contributed by atoms with Crippen molar-refractivity contribution in [2.45, 2.75) is 25.9 Å². The van der Waals surface area contributed by atoms with E-state index in [2.05, 4.69) is 46.4 Å². The molecule has 0 radical (unpaired) electrons. The molecule has 1 N–H and O–H groups in total. The normalized spacial score (nSPS) is 14.6. The van der Waals surface area contributed by atoms with Crippen LogP contribution in [0, 0.1) is 6.92 Å². The van der Waals surface area contributed by atoms with Crippen LogP contribution in [0.2, 0.25) is 0 Å². The van der Waals surface area contributed by atoms with Crippen LogP contribution in [-0.4, -0.2) is 74.1 Å². The summed E-state index contributed by atoms with van der Waals surface area (Å²) in [6, 6.07) is 12.5. The van der Waals surface area contributed by atoms with Gasteiger partial charge in [0.1, 0.15) is 12.4 Å². The van der Waals surface area contributed by atoms with E-state index in [0.717, 1.165) is 46.8 Å². The lowest BCUT2D eigenvalue weighted by Gasteiger charge is -2.44. The number of amides is 1. The van der Waals surface area contributed by atoms with E-state index < -0.39 is 0 Å². The van der Waals surface area contributed by atoms with Gasteiger partial charge in [0.05, 0.1) is 18.8 Å². The third-order valence-corrected chi connectivity index (χ3v) is 6.79. The van der Waals surface area contributed by atoms with Gasteiger partial charge in [-0.25, -0.2) is 0 Å². The van der Waals surface area contributed by atoms with Crippen LogP contribution < -0.4 is 15.0 Å². The van der Waals surface area contributed by atoms with Gasteiger partial charge in [-0.3, -0.25) is 9.48 Å². The molecule has 2 aromatic carbocycles. The van der Waals surface area contributed by atoms with Crippen molar-refractivity contribution in [3.8, 4) is 16.9 Å². The minimum absolute atomic E-state index is 0.0832. The van der Waals surface area contributed by atoms with Crippen molar-refractivity contribution in [3.63, 3.8) is 0 Å². The fourth-order valence-electron chi connectivity index (χ4n) is 4.34. The topological polar surface area (TPSA) is 71.9 Å². The molecule has 8 heteroatoms. The highest BCUT2D eigenvalue weighted by atomic mass is 16.5. The molecule has 4 rings (SSSR count). The van der Waals surface area contributed by atoms with Crippen LogP contribution in [0.1, 0.15) is 34.5 Å². The molecule has 0 bridgehead atoms. The van der Waals surface area contributed by atoms with Gasteiger partial charge in [-0.2, -0.15) is 5.10 Å². The van der Waals surface area contributed by atoms with E-state index in [1.54, 1.807) is 11.8 Å². The van der Waals surface area contributed by atoms with E-state index in [-0.39, 0.29) is 11.9 Å². The molecule has 1 amide bonds. The van der Waals surface area contributed by atoms with Crippen molar-refractivity contribution in [1.29, 1.82) is 0 Å². The number of ether oxygens (including phenoxy) is 2. The summed E-state index contributed by atoms with van der Waals surface area (Å²) in [4.78, 5) is 17.9. The summed E-state index contributed by atoms with van der Waals surface area (Å²) in [5, 5.41) is 7.49. The molecule has 192 valence electrons. The highest BCUT2D eigenvalue weighted by molar-refractivity contribution is 5.97. The van der Waals surface area contributed by atoms with E-state index in [1.807, 2.05) is 57.6 Å². The first-order valence-electron chi connectivity index (χ1n) is 12.3. The first-order valence-corrected chi connectivity index (χ1v) is 12.3. The number of benzene rings is 2. The van der Waals surface area contributed by atoms with Gasteiger partial charge in [-0.1, -0.05) is 6.07 Å². The number of aryl methyl sites for hydroxylation is 2. The van der Waals surface area contributed by atoms with Gasteiger partial charge in [0.25, 0.3) is 5.91 Å². The Morgan fingerprint density at radius 3 is 2.61 bits per heavy atom. The number of methoxy groups -OCH3 is 1. The number of aromatic nitrogens is 2. The van der Waals surface area contributed by atoms with Gasteiger partial charge < -0.3 is 24.6 Å². The Balaban J connectivity index is 1.53. The van der Waals surface area contributed by atoms with Crippen LogP contribution in [0.3, 0.4) is 0 Å². The lowest BCUT2D eigenvalue weighted by molar-refractivity contribution is 0.0939. The Morgan fingerprint density at radius 1 is 1.17 bits per heavy atom. The molecule has 1 unspecified atom stereocenters. The first kappa shape index (κ1) is 25.7. The molecule has 1 fully saturated rings. The minimum atomic E-state index is -0.218. The van der Waals surface area contributed by atoms with Crippen molar-refractivity contribution >= 4 is 11.6 Å². The maximum atomic E-state index is 13.4. The summed E-state index contributed by atoms with van der Waals surface area (Å²) in [5.74, 6) is 0.649. The molecular weight excluding hydrogens is 454 g/mol. The number of nitrogens with zero attached hydrogens (tertiary/aromatic N) is 4. The van der Waals surface area contributed by atoms with Crippen LogP contribution in [0.5, 0.6) is 5.75 Å². The Labute approximate surface area is 213 Å². The minimum Gasteiger partial charge on any atom is -0.491 e. The standard InChI is InChI=1S/C28H37N5O3/c1-19-7-8-24(33-17-25(18-33)31(3)4)14-27(19)28(34)30-20(2)21-11-22(23-15-29-32(5)16-23)13-26(12-21)36-10-9-35-6/h7-8,11-16,20,25H,9-10,17-18H2,1-6H3,(H,30,34). The van der Waals surface area contributed by atoms with E-state index in [4.69, 9.17) is 9.47 Å². The van der Waals surface area contributed by atoms with Crippen LogP contribution in [-0.2, 0) is 11.8 Å². The first-order chi connectivity index (χ1) is 17.2. The van der Waals surface area contributed by atoms with Crippen molar-refractivity contribution in [1.82, 2.24) is 20.0 Å². The number of hydrogen-bond acceptors (Lipinski definition) is 6. The van der Waals surface area contributed by atoms with E-state index in [0.29, 0.717) is 24.8 Å². The van der Waals surface area contributed by atoms with Gasteiger partial charge in [0, 0.05) is 56.3 Å². The lowest BCUT2D eigenvalue weighted by atomic mass is 10.00. The molecule has 3 aromatic rings. The van der Waals surface area contributed by atoms with Crippen LogP contribution >= 0.6 is 0 Å². The molecule has 1 aliphatic heterocycles. The average Bonchev–Trinajstić information content (AvgIpc) is 3.25. The van der Waals surface area contributed by atoms with Crippen LogP contribution in [0.4, 0.5) is 5.69 Å². The average molecular weight is 492 g/mol. The summed E-state index contributed by atoms with van der Waals surface area (Å²) < 4.78 is 12.8. The van der Waals surface area contributed by atoms with Gasteiger partial charge in [-0.05, 0) is 75.0 Å². The summed E-state index contributed by atoms with van der Waals surface area (Å²) in [5.41, 5.74) is 5.68. The predicted octanol–water partition coefficient (Wildman–Crippen LogP) is 3.66. The van der Waals surface area contributed by atoms with Gasteiger partial charge in [-0.15, -0.1) is 0 Å². The van der Waals surface area contributed by atoms with E-state index in [1.165, 1.54) is 0 Å². The molecule has 1 atom stereocenters. The zero-order chi connectivity index (χ0) is 25.8. The fraction of sp³-hybridized carbons (Fsp3) is 0.429. The van der Waals surface area contributed by atoms with Gasteiger partial charge in [0.2, 0.25) is 0 Å². The quantitative estimate of drug-likeness (QED) is 0.437. The number of likely N-dealkylation sites (N-methyl/N-ethyl adjacent to an activating group) is 1. The number of rotatable bonds is 10. The van der Waals surface area contributed by atoms with Gasteiger partial charge >= 0.3 is 0 Å². The van der Waals surface area contributed by atoms with Crippen molar-refractivity contribution in [2.24, 2.45) is 7.05 Å². The number of carbonyl (C=O) groups excluding carboxylic acids is 1. The third kappa shape index (κ3) is 5.88. The second kappa shape index (κ2) is 11.1. The highest BCUT2D eigenvalue weighted by Crippen LogP contribution is 2.30. The SMILES string of the molecule is COCCOc1cc(-c2cnn(C)c2)cc(C(C)NC(=O)c2cc(N3CC(N(C)C)C3)ccc2C)c1. The maximum absolute atomic E-state index is 13.4. The van der Waals surface area contributed by atoms with E-state index in [9.17, 15) is 4.79 Å². The largest absolute Gasteiger partial charge is 0.491 e. The zero-order valence-corrected chi connectivity index (χ0v) is 22.1. The highest BCUT2D eigenvalue weighted by Gasteiger charge is 2.29. The summed E-state index contributed by atoms with van der Waals surface area (Å²) in [7, 11) is 7.75. The maximum Gasteiger partial charge on any atom is 0.252 e.